The molecule has 0 saturated carbocycles. The zero-order chi connectivity index (χ0) is 23.2. The highest BCUT2D eigenvalue weighted by Crippen LogP contribution is 2.20. The lowest BCUT2D eigenvalue weighted by atomic mass is 10.0. The predicted octanol–water partition coefficient (Wildman–Crippen LogP) is 4.28. The van der Waals surface area contributed by atoms with Gasteiger partial charge in [0.25, 0.3) is 0 Å². The fourth-order valence-electron chi connectivity index (χ4n) is 3.59. The summed E-state index contributed by atoms with van der Waals surface area (Å²) in [6.45, 7) is 5.15. The minimum atomic E-state index is 0.0676. The van der Waals surface area contributed by atoms with Crippen molar-refractivity contribution in [1.82, 2.24) is 25.4 Å². The van der Waals surface area contributed by atoms with Crippen LogP contribution in [0.4, 0.5) is 0 Å². The predicted molar refractivity (Wildman–Crippen MR) is 132 cm³/mol. The van der Waals surface area contributed by atoms with E-state index in [2.05, 4.69) is 70.2 Å². The first-order chi connectivity index (χ1) is 16.0. The van der Waals surface area contributed by atoms with Crippen LogP contribution in [-0.4, -0.2) is 27.8 Å². The third kappa shape index (κ3) is 5.49. The van der Waals surface area contributed by atoms with Crippen LogP contribution in [0.25, 0.3) is 10.8 Å². The molecule has 4 aromatic rings. The lowest BCUT2D eigenvalue weighted by Crippen LogP contribution is -2.39. The molecule has 1 heterocycles. The van der Waals surface area contributed by atoms with Crippen LogP contribution in [0.15, 0.2) is 71.7 Å². The molecule has 0 aliphatic carbocycles. The smallest absolute Gasteiger partial charge is 0.192 e. The van der Waals surface area contributed by atoms with Crippen molar-refractivity contribution in [3.8, 4) is 5.75 Å². The molecule has 0 aliphatic rings. The number of hydrogen-bond donors (Lipinski definition) is 2. The zero-order valence-electron chi connectivity index (χ0n) is 19.5. The van der Waals surface area contributed by atoms with Gasteiger partial charge in [-0.05, 0) is 53.9 Å². The van der Waals surface area contributed by atoms with Gasteiger partial charge in [0.15, 0.2) is 11.8 Å². The van der Waals surface area contributed by atoms with Crippen molar-refractivity contribution in [3.05, 3.63) is 89.5 Å². The summed E-state index contributed by atoms with van der Waals surface area (Å²) in [5.74, 6) is 3.28. The molecule has 4 rings (SSSR count). The SMILES string of the molecule is COc1ccc(CN=C(NCc2nnc(C)n2C)NC(C)c2ccc3ccccc3c2)cc1. The number of methoxy groups -OCH3 is 1. The maximum Gasteiger partial charge on any atom is 0.192 e. The molecule has 170 valence electrons. The van der Waals surface area contributed by atoms with Gasteiger partial charge in [0.05, 0.1) is 26.2 Å². The molecule has 7 heteroatoms. The Labute approximate surface area is 194 Å². The Morgan fingerprint density at radius 1 is 1.03 bits per heavy atom. The molecular weight excluding hydrogens is 412 g/mol. The minimum Gasteiger partial charge on any atom is -0.497 e. The van der Waals surface area contributed by atoms with Crippen molar-refractivity contribution >= 4 is 16.7 Å². The molecule has 1 atom stereocenters. The topological polar surface area (TPSA) is 76.4 Å². The van der Waals surface area contributed by atoms with Gasteiger partial charge < -0.3 is 19.9 Å². The maximum atomic E-state index is 5.25. The fourth-order valence-corrected chi connectivity index (χ4v) is 3.59. The number of aryl methyl sites for hydroxylation is 1. The number of rotatable bonds is 7. The summed E-state index contributed by atoms with van der Waals surface area (Å²) >= 11 is 0. The van der Waals surface area contributed by atoms with Crippen LogP contribution >= 0.6 is 0 Å². The van der Waals surface area contributed by atoms with E-state index in [1.807, 2.05) is 42.8 Å². The lowest BCUT2D eigenvalue weighted by Gasteiger charge is -2.19. The van der Waals surface area contributed by atoms with Gasteiger partial charge in [-0.2, -0.15) is 0 Å². The molecule has 0 spiro atoms. The summed E-state index contributed by atoms with van der Waals surface area (Å²) in [5.41, 5.74) is 2.30. The second kappa shape index (κ2) is 10.2. The minimum absolute atomic E-state index is 0.0676. The van der Waals surface area contributed by atoms with Crippen molar-refractivity contribution in [1.29, 1.82) is 0 Å². The fraction of sp³-hybridized carbons (Fsp3) is 0.269. The van der Waals surface area contributed by atoms with E-state index >= 15 is 0 Å². The van der Waals surface area contributed by atoms with E-state index < -0.39 is 0 Å². The summed E-state index contributed by atoms with van der Waals surface area (Å²) in [4.78, 5) is 4.82. The van der Waals surface area contributed by atoms with Gasteiger partial charge in [0.1, 0.15) is 11.6 Å². The Bertz CT molecular complexity index is 1250. The van der Waals surface area contributed by atoms with Crippen molar-refractivity contribution in [2.45, 2.75) is 33.0 Å². The average Bonchev–Trinajstić information content (AvgIpc) is 3.17. The second-order valence-corrected chi connectivity index (χ2v) is 8.06. The quantitative estimate of drug-likeness (QED) is 0.330. The molecule has 0 fully saturated rings. The first-order valence-electron chi connectivity index (χ1n) is 11.0. The summed E-state index contributed by atoms with van der Waals surface area (Å²) in [6, 6.07) is 23.0. The van der Waals surface area contributed by atoms with Gasteiger partial charge >= 0.3 is 0 Å². The Morgan fingerprint density at radius 3 is 2.48 bits per heavy atom. The highest BCUT2D eigenvalue weighted by Gasteiger charge is 2.11. The zero-order valence-corrected chi connectivity index (χ0v) is 19.5. The molecule has 0 aliphatic heterocycles. The van der Waals surface area contributed by atoms with E-state index in [1.165, 1.54) is 16.3 Å². The average molecular weight is 443 g/mol. The van der Waals surface area contributed by atoms with Crippen LogP contribution < -0.4 is 15.4 Å². The number of ether oxygens (including phenoxy) is 1. The number of guanidine groups is 1. The van der Waals surface area contributed by atoms with Crippen molar-refractivity contribution in [3.63, 3.8) is 0 Å². The molecule has 1 aromatic heterocycles. The summed E-state index contributed by atoms with van der Waals surface area (Å²) < 4.78 is 7.23. The van der Waals surface area contributed by atoms with Gasteiger partial charge in [-0.3, -0.25) is 0 Å². The van der Waals surface area contributed by atoms with Crippen LogP contribution in [0.1, 0.15) is 35.7 Å². The number of nitrogens with one attached hydrogen (secondary N) is 2. The van der Waals surface area contributed by atoms with Gasteiger partial charge in [0.2, 0.25) is 0 Å². The van der Waals surface area contributed by atoms with Crippen molar-refractivity contribution in [2.75, 3.05) is 7.11 Å². The Hall–Kier alpha value is -3.87. The van der Waals surface area contributed by atoms with Gasteiger partial charge in [-0.15, -0.1) is 10.2 Å². The van der Waals surface area contributed by atoms with E-state index in [0.29, 0.717) is 19.0 Å². The molecule has 7 nitrogen and oxygen atoms in total. The molecule has 0 amide bonds. The lowest BCUT2D eigenvalue weighted by molar-refractivity contribution is 0.414. The number of fused-ring (bicyclic) bond motifs is 1. The third-order valence-corrected chi connectivity index (χ3v) is 5.80. The van der Waals surface area contributed by atoms with Crippen LogP contribution in [-0.2, 0) is 20.1 Å². The number of hydrogen-bond acceptors (Lipinski definition) is 4. The molecule has 33 heavy (non-hydrogen) atoms. The van der Waals surface area contributed by atoms with Gasteiger partial charge in [-0.25, -0.2) is 4.99 Å². The van der Waals surface area contributed by atoms with Crippen LogP contribution in [0.5, 0.6) is 5.75 Å². The summed E-state index contributed by atoms with van der Waals surface area (Å²) in [5, 5.41) is 17.8. The largest absolute Gasteiger partial charge is 0.497 e. The number of aliphatic imine (C=N–C) groups is 1. The number of benzene rings is 3. The highest BCUT2D eigenvalue weighted by molar-refractivity contribution is 5.84. The van der Waals surface area contributed by atoms with Gasteiger partial charge in [-0.1, -0.05) is 48.5 Å². The molecule has 0 radical (unpaired) electrons. The van der Waals surface area contributed by atoms with E-state index in [4.69, 9.17) is 9.73 Å². The van der Waals surface area contributed by atoms with Crippen molar-refractivity contribution in [2.24, 2.45) is 12.0 Å². The highest BCUT2D eigenvalue weighted by atomic mass is 16.5. The summed E-state index contributed by atoms with van der Waals surface area (Å²) in [6.07, 6.45) is 0. The molecule has 2 N–H and O–H groups in total. The second-order valence-electron chi connectivity index (χ2n) is 8.06. The molecule has 0 bridgehead atoms. The first kappa shape index (κ1) is 22.3. The van der Waals surface area contributed by atoms with E-state index in [1.54, 1.807) is 7.11 Å². The van der Waals surface area contributed by atoms with E-state index in [-0.39, 0.29) is 6.04 Å². The van der Waals surface area contributed by atoms with E-state index in [0.717, 1.165) is 23.0 Å². The first-order valence-corrected chi connectivity index (χ1v) is 11.0. The molecule has 0 saturated heterocycles. The normalized spacial score (nSPS) is 12.5. The number of aromatic nitrogens is 3. The van der Waals surface area contributed by atoms with Crippen LogP contribution in [0.3, 0.4) is 0 Å². The Kier molecular flexibility index (Phi) is 6.88. The van der Waals surface area contributed by atoms with Crippen LogP contribution in [0.2, 0.25) is 0 Å². The monoisotopic (exact) mass is 442 g/mol. The number of nitrogens with zero attached hydrogens (tertiary/aromatic N) is 4. The Balaban J connectivity index is 1.52. The van der Waals surface area contributed by atoms with Crippen molar-refractivity contribution < 1.29 is 4.74 Å². The standard InChI is InChI=1S/C26H30N6O/c1-18(22-12-11-21-7-5-6-8-23(21)15-22)29-26(28-17-25-31-30-19(2)32(25)3)27-16-20-9-13-24(33-4)14-10-20/h5-15,18H,16-17H2,1-4H3,(H2,27,28,29). The third-order valence-electron chi connectivity index (χ3n) is 5.80. The Morgan fingerprint density at radius 2 is 1.79 bits per heavy atom. The maximum absolute atomic E-state index is 5.25. The molecule has 1 unspecified atom stereocenters. The van der Waals surface area contributed by atoms with E-state index in [9.17, 15) is 0 Å². The van der Waals surface area contributed by atoms with Gasteiger partial charge in [0, 0.05) is 7.05 Å². The molecular formula is C26H30N6O. The summed E-state index contributed by atoms with van der Waals surface area (Å²) in [7, 11) is 3.63. The van der Waals surface area contributed by atoms with Crippen LogP contribution in [0, 0.1) is 6.92 Å². The molecule has 3 aromatic carbocycles.